The van der Waals surface area contributed by atoms with Gasteiger partial charge in [-0.3, -0.25) is 13.8 Å². The molecule has 1 aromatic carbocycles. The van der Waals surface area contributed by atoms with Gasteiger partial charge in [-0.2, -0.15) is 5.10 Å². The number of nitrogens with zero attached hydrogens (tertiary/aromatic N) is 3. The van der Waals surface area contributed by atoms with Crippen molar-refractivity contribution in [2.75, 3.05) is 23.1 Å². The van der Waals surface area contributed by atoms with Gasteiger partial charge in [-0.05, 0) is 37.1 Å². The van der Waals surface area contributed by atoms with Crippen molar-refractivity contribution >= 4 is 21.6 Å². The van der Waals surface area contributed by atoms with Crippen LogP contribution in [0.1, 0.15) is 23.2 Å². The van der Waals surface area contributed by atoms with Crippen molar-refractivity contribution < 1.29 is 13.2 Å². The third-order valence-corrected chi connectivity index (χ3v) is 5.77. The van der Waals surface area contributed by atoms with Crippen molar-refractivity contribution in [2.45, 2.75) is 19.4 Å². The Morgan fingerprint density at radius 1 is 1.29 bits per heavy atom. The van der Waals surface area contributed by atoms with E-state index in [2.05, 4.69) is 10.4 Å². The second-order valence-corrected chi connectivity index (χ2v) is 7.68. The maximum atomic E-state index is 12.2. The van der Waals surface area contributed by atoms with Crippen LogP contribution in [0.15, 0.2) is 42.7 Å². The lowest BCUT2D eigenvalue weighted by Crippen LogP contribution is -2.27. The van der Waals surface area contributed by atoms with Crippen LogP contribution in [-0.4, -0.2) is 42.9 Å². The zero-order valence-corrected chi connectivity index (χ0v) is 14.1. The maximum Gasteiger partial charge on any atom is 0.251 e. The van der Waals surface area contributed by atoms with Crippen molar-refractivity contribution in [3.63, 3.8) is 0 Å². The van der Waals surface area contributed by atoms with Gasteiger partial charge in [0.2, 0.25) is 10.0 Å². The highest BCUT2D eigenvalue weighted by molar-refractivity contribution is 7.93. The Bertz CT molecular complexity index is 802. The molecule has 1 aliphatic heterocycles. The fourth-order valence-corrected chi connectivity index (χ4v) is 4.27. The summed E-state index contributed by atoms with van der Waals surface area (Å²) in [6.45, 7) is 1.74. The number of rotatable bonds is 6. The number of carbonyl (C=O) groups excluding carboxylic acids is 1. The zero-order valence-electron chi connectivity index (χ0n) is 13.3. The molecule has 0 radical (unpaired) electrons. The van der Waals surface area contributed by atoms with E-state index in [-0.39, 0.29) is 11.7 Å². The fraction of sp³-hybridized carbons (Fsp3) is 0.375. The van der Waals surface area contributed by atoms with Crippen molar-refractivity contribution in [2.24, 2.45) is 0 Å². The third-order valence-electron chi connectivity index (χ3n) is 3.90. The van der Waals surface area contributed by atoms with Gasteiger partial charge >= 0.3 is 0 Å². The zero-order chi connectivity index (χ0) is 17.0. The van der Waals surface area contributed by atoms with Crippen LogP contribution in [0.25, 0.3) is 0 Å². The molecule has 2 aromatic rings. The lowest BCUT2D eigenvalue weighted by Gasteiger charge is -2.17. The van der Waals surface area contributed by atoms with E-state index in [9.17, 15) is 13.2 Å². The molecular formula is C16H20N4O3S. The smallest absolute Gasteiger partial charge is 0.251 e. The lowest BCUT2D eigenvalue weighted by molar-refractivity contribution is 0.0952. The molecule has 1 amide bonds. The molecule has 0 unspecified atom stereocenters. The highest BCUT2D eigenvalue weighted by Gasteiger charge is 2.28. The van der Waals surface area contributed by atoms with Gasteiger partial charge in [0.25, 0.3) is 5.91 Å². The second kappa shape index (κ2) is 7.04. The number of benzene rings is 1. The van der Waals surface area contributed by atoms with Crippen molar-refractivity contribution in [3.05, 3.63) is 48.3 Å². The molecule has 1 saturated heterocycles. The largest absolute Gasteiger partial charge is 0.352 e. The first-order valence-electron chi connectivity index (χ1n) is 7.92. The molecule has 1 fully saturated rings. The maximum absolute atomic E-state index is 12.2. The molecule has 7 nitrogen and oxygen atoms in total. The van der Waals surface area contributed by atoms with Gasteiger partial charge in [0.15, 0.2) is 0 Å². The first-order valence-corrected chi connectivity index (χ1v) is 9.53. The second-order valence-electron chi connectivity index (χ2n) is 5.67. The van der Waals surface area contributed by atoms with Crippen LogP contribution >= 0.6 is 0 Å². The summed E-state index contributed by atoms with van der Waals surface area (Å²) in [6.07, 6.45) is 4.98. The average molecular weight is 348 g/mol. The van der Waals surface area contributed by atoms with Crippen molar-refractivity contribution in [1.29, 1.82) is 0 Å². The van der Waals surface area contributed by atoms with Crippen LogP contribution in [0, 0.1) is 0 Å². The minimum absolute atomic E-state index is 0.164. The van der Waals surface area contributed by atoms with E-state index in [1.807, 2.05) is 16.9 Å². The van der Waals surface area contributed by atoms with Gasteiger partial charge in [-0.25, -0.2) is 8.42 Å². The summed E-state index contributed by atoms with van der Waals surface area (Å²) in [7, 11) is -3.24. The van der Waals surface area contributed by atoms with E-state index in [1.165, 1.54) is 4.31 Å². The Kier molecular flexibility index (Phi) is 4.84. The number of anilines is 1. The highest BCUT2D eigenvalue weighted by atomic mass is 32.2. The summed E-state index contributed by atoms with van der Waals surface area (Å²) < 4.78 is 27.2. The molecule has 0 spiro atoms. The summed E-state index contributed by atoms with van der Waals surface area (Å²) in [4.78, 5) is 12.2. The van der Waals surface area contributed by atoms with Crippen LogP contribution in [0.5, 0.6) is 0 Å². The van der Waals surface area contributed by atoms with Crippen LogP contribution in [-0.2, 0) is 16.6 Å². The van der Waals surface area contributed by atoms with E-state index < -0.39 is 10.0 Å². The Morgan fingerprint density at radius 2 is 2.17 bits per heavy atom. The Balaban J connectivity index is 1.58. The van der Waals surface area contributed by atoms with Crippen LogP contribution < -0.4 is 9.62 Å². The number of amides is 1. The van der Waals surface area contributed by atoms with Gasteiger partial charge in [0, 0.05) is 37.6 Å². The first kappa shape index (κ1) is 16.5. The highest BCUT2D eigenvalue weighted by Crippen LogP contribution is 2.24. The molecule has 1 aliphatic rings. The third kappa shape index (κ3) is 3.76. The summed E-state index contributed by atoms with van der Waals surface area (Å²) in [5.41, 5.74) is 1.02. The molecule has 8 heteroatoms. The Morgan fingerprint density at radius 3 is 2.88 bits per heavy atom. The molecule has 0 saturated carbocycles. The normalized spacial score (nSPS) is 16.2. The van der Waals surface area contributed by atoms with E-state index in [0.29, 0.717) is 30.8 Å². The number of aryl methyl sites for hydroxylation is 1. The fourth-order valence-electron chi connectivity index (χ4n) is 2.71. The molecule has 0 bridgehead atoms. The number of carbonyl (C=O) groups is 1. The molecular weight excluding hydrogens is 328 g/mol. The number of hydrogen-bond donors (Lipinski definition) is 1. The minimum atomic E-state index is -3.24. The SMILES string of the molecule is O=C(NCCCn1cccn1)c1cccc(N2CCCS2(=O)=O)c1. The standard InChI is InChI=1S/C16H20N4O3S/c21-16(17-7-2-9-19-10-3-8-18-19)14-5-1-6-15(13-14)20-11-4-12-24(20,22)23/h1,3,5-6,8,10,13H,2,4,7,9,11-12H2,(H,17,21). The van der Waals surface area contributed by atoms with Gasteiger partial charge in [0.1, 0.15) is 0 Å². The van der Waals surface area contributed by atoms with E-state index in [0.717, 1.165) is 13.0 Å². The topological polar surface area (TPSA) is 84.3 Å². The molecule has 1 aromatic heterocycles. The summed E-state index contributed by atoms with van der Waals surface area (Å²) in [6, 6.07) is 8.61. The molecule has 3 rings (SSSR count). The van der Waals surface area contributed by atoms with Crippen LogP contribution in [0.2, 0.25) is 0 Å². The Hall–Kier alpha value is -2.35. The number of hydrogen-bond acceptors (Lipinski definition) is 4. The molecule has 1 N–H and O–H groups in total. The van der Waals surface area contributed by atoms with Crippen molar-refractivity contribution in [3.8, 4) is 0 Å². The van der Waals surface area contributed by atoms with E-state index in [4.69, 9.17) is 0 Å². The predicted molar refractivity (Wildman–Crippen MR) is 91.4 cm³/mol. The quantitative estimate of drug-likeness (QED) is 0.796. The first-order chi connectivity index (χ1) is 11.6. The summed E-state index contributed by atoms with van der Waals surface area (Å²) in [5.74, 6) is -0.0365. The molecule has 128 valence electrons. The van der Waals surface area contributed by atoms with Gasteiger partial charge in [-0.1, -0.05) is 6.07 Å². The number of nitrogens with one attached hydrogen (secondary N) is 1. The van der Waals surface area contributed by atoms with Crippen LogP contribution in [0.4, 0.5) is 5.69 Å². The molecule has 2 heterocycles. The monoisotopic (exact) mass is 348 g/mol. The van der Waals surface area contributed by atoms with E-state index in [1.54, 1.807) is 30.5 Å². The molecule has 0 atom stereocenters. The summed E-state index contributed by atoms with van der Waals surface area (Å²) >= 11 is 0. The van der Waals surface area contributed by atoms with Crippen molar-refractivity contribution in [1.82, 2.24) is 15.1 Å². The minimum Gasteiger partial charge on any atom is -0.352 e. The lowest BCUT2D eigenvalue weighted by atomic mass is 10.2. The average Bonchev–Trinajstić information content (AvgIpc) is 3.20. The van der Waals surface area contributed by atoms with Crippen LogP contribution in [0.3, 0.4) is 0 Å². The van der Waals surface area contributed by atoms with Gasteiger partial charge in [-0.15, -0.1) is 0 Å². The predicted octanol–water partition coefficient (Wildman–Crippen LogP) is 1.24. The van der Waals surface area contributed by atoms with Gasteiger partial charge in [0.05, 0.1) is 11.4 Å². The van der Waals surface area contributed by atoms with E-state index >= 15 is 0 Å². The molecule has 24 heavy (non-hydrogen) atoms. The number of aromatic nitrogens is 2. The molecule has 0 aliphatic carbocycles. The number of sulfonamides is 1. The summed E-state index contributed by atoms with van der Waals surface area (Å²) in [5, 5.41) is 6.95. The van der Waals surface area contributed by atoms with Gasteiger partial charge < -0.3 is 5.32 Å². The Labute approximate surface area is 141 Å².